The molecule has 0 heterocycles. The summed E-state index contributed by atoms with van der Waals surface area (Å²) in [4.78, 5) is 61.3. The molecule has 14 nitrogen and oxygen atoms in total. The molecule has 0 aliphatic carbocycles. The van der Waals surface area contributed by atoms with E-state index in [1.165, 1.54) is 6.07 Å². The van der Waals surface area contributed by atoms with E-state index >= 15 is 0 Å². The number of ether oxygens (including phenoxy) is 5. The third kappa shape index (κ3) is 17.4. The molecule has 3 aromatic rings. The Balaban J connectivity index is 1.58. The van der Waals surface area contributed by atoms with Gasteiger partial charge in [0.1, 0.15) is 18.1 Å². The number of carboxylic acid groups (broad SMARTS) is 2. The summed E-state index contributed by atoms with van der Waals surface area (Å²) < 4.78 is 29.0. The standard InChI is InChI=1S/C46H62N2O12/c1-43(2,41(52)53)20-24-59-45(5,6)18-22-47-38(49)30-56-36-16-14-33(15-17-36)34-26-35(40(51)58-29-32-12-10-9-11-13-32)28-37(27-34)57-31-39(50)48-23-19-46(7,8)60-25-21-44(3,4)42(54)55/h9-17,26-28H,18-25,29-31H2,1-8H3,(H,47,49)(H,48,50)(H,52,53)(H,54,55). The van der Waals surface area contributed by atoms with Crippen molar-refractivity contribution in [2.75, 3.05) is 39.5 Å². The number of carbonyl (C=O) groups excluding carboxylic acids is 3. The number of aliphatic carboxylic acids is 2. The predicted octanol–water partition coefficient (Wildman–Crippen LogP) is 7.07. The molecular weight excluding hydrogens is 773 g/mol. The highest BCUT2D eigenvalue weighted by molar-refractivity contribution is 5.92. The zero-order valence-electron chi connectivity index (χ0n) is 36.2. The van der Waals surface area contributed by atoms with Crippen LogP contribution in [0.25, 0.3) is 11.1 Å². The number of carbonyl (C=O) groups is 5. The van der Waals surface area contributed by atoms with E-state index < -0.39 is 39.9 Å². The quantitative estimate of drug-likeness (QED) is 0.0602. The van der Waals surface area contributed by atoms with Crippen molar-refractivity contribution in [1.82, 2.24) is 10.6 Å². The Morgan fingerprint density at radius 1 is 0.567 bits per heavy atom. The smallest absolute Gasteiger partial charge is 0.338 e. The molecular formula is C46H62N2O12. The maximum atomic E-state index is 13.2. The Labute approximate surface area is 353 Å². The van der Waals surface area contributed by atoms with E-state index in [0.717, 1.165) is 5.56 Å². The van der Waals surface area contributed by atoms with Gasteiger partial charge in [0.15, 0.2) is 13.2 Å². The normalized spacial score (nSPS) is 12.0. The van der Waals surface area contributed by atoms with Crippen LogP contribution < -0.4 is 20.1 Å². The largest absolute Gasteiger partial charge is 0.484 e. The van der Waals surface area contributed by atoms with E-state index in [2.05, 4.69) is 10.6 Å². The summed E-state index contributed by atoms with van der Waals surface area (Å²) >= 11 is 0. The lowest BCUT2D eigenvalue weighted by Gasteiger charge is -2.27. The number of hydrogen-bond acceptors (Lipinski definition) is 10. The summed E-state index contributed by atoms with van der Waals surface area (Å²) in [7, 11) is 0. The molecule has 0 aromatic heterocycles. The Morgan fingerprint density at radius 3 is 1.53 bits per heavy atom. The van der Waals surface area contributed by atoms with Crippen molar-refractivity contribution >= 4 is 29.7 Å². The molecule has 14 heteroatoms. The van der Waals surface area contributed by atoms with Crippen molar-refractivity contribution in [2.45, 2.75) is 98.9 Å². The van der Waals surface area contributed by atoms with Crippen LogP contribution in [0, 0.1) is 10.8 Å². The molecule has 0 saturated carbocycles. The minimum atomic E-state index is -0.905. The molecule has 0 aliphatic rings. The number of hydrogen-bond donors (Lipinski definition) is 4. The highest BCUT2D eigenvalue weighted by atomic mass is 16.5. The lowest BCUT2D eigenvalue weighted by molar-refractivity contribution is -0.149. The molecule has 0 spiro atoms. The van der Waals surface area contributed by atoms with Crippen LogP contribution in [0.1, 0.15) is 97.0 Å². The van der Waals surface area contributed by atoms with E-state index in [1.54, 1.807) is 64.1 Å². The van der Waals surface area contributed by atoms with Crippen molar-refractivity contribution in [2.24, 2.45) is 10.8 Å². The van der Waals surface area contributed by atoms with Gasteiger partial charge in [-0.2, -0.15) is 0 Å². The van der Waals surface area contributed by atoms with E-state index in [4.69, 9.17) is 23.7 Å². The van der Waals surface area contributed by atoms with Crippen LogP contribution in [0.2, 0.25) is 0 Å². The first-order valence-corrected chi connectivity index (χ1v) is 20.1. The number of carboxylic acids is 2. The summed E-state index contributed by atoms with van der Waals surface area (Å²) in [6, 6.07) is 21.1. The predicted molar refractivity (Wildman–Crippen MR) is 226 cm³/mol. The molecule has 0 fully saturated rings. The Morgan fingerprint density at radius 2 is 1.05 bits per heavy atom. The monoisotopic (exact) mass is 834 g/mol. The van der Waals surface area contributed by atoms with Gasteiger partial charge in [-0.25, -0.2) is 4.79 Å². The fraction of sp³-hybridized carbons (Fsp3) is 0.500. The van der Waals surface area contributed by atoms with Gasteiger partial charge in [0.2, 0.25) is 0 Å². The lowest BCUT2D eigenvalue weighted by atomic mass is 9.90. The molecule has 4 N–H and O–H groups in total. The highest BCUT2D eigenvalue weighted by Crippen LogP contribution is 2.29. The summed E-state index contributed by atoms with van der Waals surface area (Å²) in [5.41, 5.74) is -0.587. The van der Waals surface area contributed by atoms with E-state index in [-0.39, 0.29) is 56.2 Å². The van der Waals surface area contributed by atoms with Crippen LogP contribution in [0.15, 0.2) is 72.8 Å². The van der Waals surface area contributed by atoms with Gasteiger partial charge in [0, 0.05) is 26.3 Å². The topological polar surface area (TPSA) is 196 Å². The second-order valence-corrected chi connectivity index (χ2v) is 17.2. The molecule has 3 rings (SSSR count). The van der Waals surface area contributed by atoms with Crippen LogP contribution in [0.3, 0.4) is 0 Å². The molecule has 2 amide bonds. The van der Waals surface area contributed by atoms with Gasteiger partial charge in [-0.05, 0) is 128 Å². The van der Waals surface area contributed by atoms with E-state index in [1.807, 2.05) is 58.0 Å². The first-order chi connectivity index (χ1) is 28.1. The number of benzene rings is 3. The molecule has 0 atom stereocenters. The average molecular weight is 835 g/mol. The van der Waals surface area contributed by atoms with Gasteiger partial charge in [-0.15, -0.1) is 0 Å². The van der Waals surface area contributed by atoms with Crippen LogP contribution in [-0.2, 0) is 40.0 Å². The molecule has 60 heavy (non-hydrogen) atoms. The third-order valence-corrected chi connectivity index (χ3v) is 9.98. The first kappa shape index (κ1) is 48.9. The third-order valence-electron chi connectivity index (χ3n) is 9.98. The number of rotatable bonds is 26. The van der Waals surface area contributed by atoms with Crippen molar-refractivity contribution in [3.05, 3.63) is 83.9 Å². The second-order valence-electron chi connectivity index (χ2n) is 17.2. The Hall–Kier alpha value is -5.47. The minimum absolute atomic E-state index is 0.0676. The maximum absolute atomic E-state index is 13.2. The number of nitrogens with one attached hydrogen (secondary N) is 2. The second kappa shape index (κ2) is 22.2. The first-order valence-electron chi connectivity index (χ1n) is 20.1. The van der Waals surface area contributed by atoms with Crippen molar-refractivity contribution in [3.8, 4) is 22.6 Å². The Bertz CT molecular complexity index is 1890. The fourth-order valence-electron chi connectivity index (χ4n) is 5.45. The summed E-state index contributed by atoms with van der Waals surface area (Å²) in [6.07, 6.45) is 1.71. The SMILES string of the molecule is CC(C)(CCNC(=O)COc1ccc(-c2cc(OCC(=O)NCCC(C)(C)OCCC(C)(C)C(=O)O)cc(C(=O)OCc3ccccc3)c2)cc1)OCCC(C)(C)C(=O)O. The summed E-state index contributed by atoms with van der Waals surface area (Å²) in [5, 5.41) is 24.3. The van der Waals surface area contributed by atoms with Crippen molar-refractivity contribution < 1.29 is 57.9 Å². The fourth-order valence-corrected chi connectivity index (χ4v) is 5.45. The molecule has 0 radical (unpaired) electrons. The van der Waals surface area contributed by atoms with Gasteiger partial charge < -0.3 is 44.5 Å². The molecule has 0 aliphatic heterocycles. The van der Waals surface area contributed by atoms with Gasteiger partial charge in [0.25, 0.3) is 11.8 Å². The van der Waals surface area contributed by atoms with Crippen molar-refractivity contribution in [1.29, 1.82) is 0 Å². The molecule has 0 saturated heterocycles. The number of esters is 1. The average Bonchev–Trinajstić information content (AvgIpc) is 3.18. The van der Waals surface area contributed by atoms with Gasteiger partial charge in [-0.1, -0.05) is 42.5 Å². The molecule has 328 valence electrons. The van der Waals surface area contributed by atoms with E-state index in [9.17, 15) is 34.2 Å². The van der Waals surface area contributed by atoms with Crippen molar-refractivity contribution in [3.63, 3.8) is 0 Å². The van der Waals surface area contributed by atoms with Crippen LogP contribution in [-0.4, -0.2) is 90.7 Å². The number of amides is 2. The molecule has 3 aromatic carbocycles. The maximum Gasteiger partial charge on any atom is 0.338 e. The molecule has 0 bridgehead atoms. The zero-order valence-corrected chi connectivity index (χ0v) is 36.2. The molecule has 0 unspecified atom stereocenters. The summed E-state index contributed by atoms with van der Waals surface area (Å²) in [6.45, 7) is 14.8. The minimum Gasteiger partial charge on any atom is -0.484 e. The zero-order chi connectivity index (χ0) is 44.6. The Kier molecular flexibility index (Phi) is 18.1. The van der Waals surface area contributed by atoms with Gasteiger partial charge in [-0.3, -0.25) is 19.2 Å². The highest BCUT2D eigenvalue weighted by Gasteiger charge is 2.29. The van der Waals surface area contributed by atoms with Gasteiger partial charge >= 0.3 is 17.9 Å². The van der Waals surface area contributed by atoms with Crippen LogP contribution in [0.4, 0.5) is 0 Å². The lowest BCUT2D eigenvalue weighted by Crippen LogP contribution is -2.36. The van der Waals surface area contributed by atoms with Crippen LogP contribution >= 0.6 is 0 Å². The van der Waals surface area contributed by atoms with E-state index in [0.29, 0.717) is 55.6 Å². The van der Waals surface area contributed by atoms with Gasteiger partial charge in [0.05, 0.1) is 27.6 Å². The van der Waals surface area contributed by atoms with Crippen LogP contribution in [0.5, 0.6) is 11.5 Å². The summed E-state index contributed by atoms with van der Waals surface area (Å²) in [5.74, 6) is -2.32.